The topological polar surface area (TPSA) is 81.9 Å². The van der Waals surface area contributed by atoms with Gasteiger partial charge < -0.3 is 0 Å². The molecular weight excluding hydrogens is 703 g/mol. The Morgan fingerprint density at radius 2 is 0.421 bits per heavy atom. The number of hydrogen-bond donors (Lipinski definition) is 6. The van der Waals surface area contributed by atoms with Crippen LogP contribution in [0.25, 0.3) is 0 Å². The first-order valence-electron chi connectivity index (χ1n) is 19.2. The Labute approximate surface area is 336 Å². The molecule has 6 N–H and O–H groups in total. The number of hydrogen-bond acceptors (Lipinski definition) is 9. The maximum absolute atomic E-state index is 3.67. The molecule has 288 valence electrons. The van der Waals surface area contributed by atoms with E-state index in [1.165, 1.54) is 0 Å². The number of nitrogens with one attached hydrogen (secondary N) is 6. The van der Waals surface area contributed by atoms with Crippen molar-refractivity contribution in [1.29, 1.82) is 0 Å². The molecule has 7 aromatic rings. The minimum atomic E-state index is 0.828. The summed E-state index contributed by atoms with van der Waals surface area (Å²) < 4.78 is 0. The molecule has 0 aromatic heterocycles. The Balaban J connectivity index is 1.42. The van der Waals surface area contributed by atoms with Crippen molar-refractivity contribution in [2.75, 3.05) is 47.9 Å². The first kappa shape index (κ1) is 38.0. The molecule has 7 rings (SSSR count). The lowest BCUT2D eigenvalue weighted by Gasteiger charge is -2.34. The molecule has 57 heavy (non-hydrogen) atoms. The van der Waals surface area contributed by atoms with Crippen LogP contribution in [0.1, 0.15) is 33.4 Å². The van der Waals surface area contributed by atoms with Gasteiger partial charge in [0, 0.05) is 0 Å². The van der Waals surface area contributed by atoms with Crippen molar-refractivity contribution in [3.8, 4) is 0 Å². The van der Waals surface area contributed by atoms with E-state index in [4.69, 9.17) is 0 Å². The number of rotatable bonds is 15. The van der Waals surface area contributed by atoms with E-state index in [-0.39, 0.29) is 0 Å². The van der Waals surface area contributed by atoms with Gasteiger partial charge >= 0.3 is 0 Å². The number of anilines is 9. The van der Waals surface area contributed by atoms with Crippen molar-refractivity contribution >= 4 is 51.2 Å². The maximum atomic E-state index is 3.67. The van der Waals surface area contributed by atoms with Gasteiger partial charge in [-0.25, -0.2) is 0 Å². The molecule has 0 spiro atoms. The fourth-order valence-corrected chi connectivity index (χ4v) is 6.50. The van der Waals surface area contributed by atoms with Crippen LogP contribution in [0.2, 0.25) is 0 Å². The lowest BCUT2D eigenvalue weighted by Crippen LogP contribution is -2.39. The van der Waals surface area contributed by atoms with E-state index in [9.17, 15) is 0 Å². The zero-order chi connectivity index (χ0) is 39.7. The quantitative estimate of drug-likeness (QED) is 0.0574. The molecule has 0 saturated heterocycles. The van der Waals surface area contributed by atoms with Crippen LogP contribution in [-0.2, 0) is 0 Å². The fourth-order valence-electron chi connectivity index (χ4n) is 6.50. The van der Waals surface area contributed by atoms with E-state index in [2.05, 4.69) is 238 Å². The SMILES string of the molecule is Cc1cccc(NN(Nc2cccc(C)c2)c2cc(N(Nc3cccc(C)c3)Nc3cccc(C)c3)cc(N(Nc3cccc(C)c3)Nc3cccc(C)c3)c2)c1. The summed E-state index contributed by atoms with van der Waals surface area (Å²) in [6, 6.07) is 56.5. The van der Waals surface area contributed by atoms with Crippen LogP contribution in [0.5, 0.6) is 0 Å². The van der Waals surface area contributed by atoms with Gasteiger partial charge in [0.05, 0.1) is 51.2 Å². The third kappa shape index (κ3) is 10.5. The normalized spacial score (nSPS) is 10.6. The second-order valence-electron chi connectivity index (χ2n) is 14.6. The number of benzene rings is 7. The highest BCUT2D eigenvalue weighted by Gasteiger charge is 2.19. The van der Waals surface area contributed by atoms with Crippen molar-refractivity contribution in [2.24, 2.45) is 0 Å². The first-order chi connectivity index (χ1) is 27.6. The molecule has 0 heterocycles. The van der Waals surface area contributed by atoms with Crippen molar-refractivity contribution in [2.45, 2.75) is 41.5 Å². The van der Waals surface area contributed by atoms with E-state index in [0.29, 0.717) is 0 Å². The Morgan fingerprint density at radius 3 is 0.579 bits per heavy atom. The Bertz CT molecular complexity index is 2020. The average Bonchev–Trinajstić information content (AvgIpc) is 3.17. The average molecular weight is 754 g/mol. The summed E-state index contributed by atoms with van der Waals surface area (Å²) in [5, 5.41) is 5.89. The second kappa shape index (κ2) is 17.5. The van der Waals surface area contributed by atoms with E-state index in [1.807, 2.05) is 15.4 Å². The third-order valence-corrected chi connectivity index (χ3v) is 9.22. The van der Waals surface area contributed by atoms with Crippen LogP contribution in [0.3, 0.4) is 0 Å². The molecule has 0 aliphatic heterocycles. The van der Waals surface area contributed by atoms with Crippen molar-refractivity contribution in [3.63, 3.8) is 0 Å². The summed E-state index contributed by atoms with van der Waals surface area (Å²) in [5.74, 6) is 0. The van der Waals surface area contributed by atoms with Gasteiger partial charge in [0.2, 0.25) is 0 Å². The van der Waals surface area contributed by atoms with Crippen molar-refractivity contribution in [3.05, 3.63) is 197 Å². The molecule has 0 fully saturated rings. The molecule has 0 aliphatic carbocycles. The lowest BCUT2D eigenvalue weighted by atomic mass is 10.2. The molecule has 0 unspecified atom stereocenters. The van der Waals surface area contributed by atoms with Crippen LogP contribution in [-0.4, -0.2) is 0 Å². The highest BCUT2D eigenvalue weighted by atomic mass is 15.8. The summed E-state index contributed by atoms with van der Waals surface area (Å²) >= 11 is 0. The lowest BCUT2D eigenvalue weighted by molar-refractivity contribution is 1.01. The third-order valence-electron chi connectivity index (χ3n) is 9.22. The molecule has 0 aliphatic rings. The molecule has 7 aromatic carbocycles. The van der Waals surface area contributed by atoms with Crippen molar-refractivity contribution in [1.82, 2.24) is 0 Å². The molecule has 0 amide bonds. The smallest absolute Gasteiger partial charge is 0.0855 e. The second-order valence-corrected chi connectivity index (χ2v) is 14.6. The van der Waals surface area contributed by atoms with Gasteiger partial charge in [-0.2, -0.15) is 15.4 Å². The molecule has 9 heteroatoms. The first-order valence-corrected chi connectivity index (χ1v) is 19.2. The molecular formula is C48H51N9. The summed E-state index contributed by atoms with van der Waals surface area (Å²) in [6.07, 6.45) is 0. The van der Waals surface area contributed by atoms with Crippen LogP contribution in [0.15, 0.2) is 164 Å². The summed E-state index contributed by atoms with van der Waals surface area (Å²) in [4.78, 5) is 0. The zero-order valence-electron chi connectivity index (χ0n) is 33.4. The van der Waals surface area contributed by atoms with Gasteiger partial charge in [-0.1, -0.05) is 72.8 Å². The van der Waals surface area contributed by atoms with E-state index < -0.39 is 0 Å². The predicted octanol–water partition coefficient (Wildman–Crippen LogP) is 12.1. The fraction of sp³-hybridized carbons (Fsp3) is 0.125. The van der Waals surface area contributed by atoms with Crippen LogP contribution < -0.4 is 47.9 Å². The highest BCUT2D eigenvalue weighted by Crippen LogP contribution is 2.33. The van der Waals surface area contributed by atoms with E-state index in [0.717, 1.165) is 84.6 Å². The van der Waals surface area contributed by atoms with Gasteiger partial charge in [0.25, 0.3) is 0 Å². The maximum Gasteiger partial charge on any atom is 0.0855 e. The summed E-state index contributed by atoms with van der Waals surface area (Å²) in [7, 11) is 0. The summed E-state index contributed by atoms with van der Waals surface area (Å²) in [5.41, 5.74) is 37.0. The standard InChI is InChI=1S/C48H51N9/c1-34-13-7-19-40(25-34)49-55(50-41-20-8-14-35(2)26-41)46-31-47(56(51-42-21-9-15-36(3)27-42)52-43-22-10-16-37(4)28-43)33-48(32-46)57(53-44-23-11-17-38(5)29-44)54-45-24-12-18-39(6)30-45/h7-33,49-54H,1-6H3. The minimum Gasteiger partial charge on any atom is -0.280 e. The van der Waals surface area contributed by atoms with Crippen LogP contribution >= 0.6 is 0 Å². The monoisotopic (exact) mass is 753 g/mol. The molecule has 0 bridgehead atoms. The van der Waals surface area contributed by atoms with Gasteiger partial charge in [-0.15, -0.1) is 0 Å². The Kier molecular flexibility index (Phi) is 11.7. The largest absolute Gasteiger partial charge is 0.280 e. The Hall–Kier alpha value is -7.26. The van der Waals surface area contributed by atoms with Gasteiger partial charge in [0.1, 0.15) is 0 Å². The van der Waals surface area contributed by atoms with Gasteiger partial charge in [0.15, 0.2) is 0 Å². The van der Waals surface area contributed by atoms with Crippen LogP contribution in [0.4, 0.5) is 51.2 Å². The van der Waals surface area contributed by atoms with E-state index >= 15 is 0 Å². The summed E-state index contributed by atoms with van der Waals surface area (Å²) in [6.45, 7) is 12.6. The molecule has 9 nitrogen and oxygen atoms in total. The predicted molar refractivity (Wildman–Crippen MR) is 243 cm³/mol. The molecule has 0 radical (unpaired) electrons. The number of aryl methyl sites for hydroxylation is 6. The number of nitrogens with zero attached hydrogens (tertiary/aromatic N) is 3. The molecule has 0 atom stereocenters. The Morgan fingerprint density at radius 1 is 0.246 bits per heavy atom. The minimum absolute atomic E-state index is 0.828. The number of hydrazine groups is 6. The van der Waals surface area contributed by atoms with E-state index in [1.54, 1.807) is 0 Å². The van der Waals surface area contributed by atoms with Crippen LogP contribution in [0, 0.1) is 41.5 Å². The molecule has 0 saturated carbocycles. The zero-order valence-corrected chi connectivity index (χ0v) is 33.4. The van der Waals surface area contributed by atoms with Gasteiger partial charge in [-0.05, 0) is 166 Å². The highest BCUT2D eigenvalue weighted by molar-refractivity contribution is 5.77. The van der Waals surface area contributed by atoms with Gasteiger partial charge in [-0.3, -0.25) is 32.6 Å². The van der Waals surface area contributed by atoms with Crippen molar-refractivity contribution < 1.29 is 0 Å².